The third-order valence-electron chi connectivity index (χ3n) is 2.94. The van der Waals surface area contributed by atoms with Gasteiger partial charge in [-0.2, -0.15) is 4.39 Å². The van der Waals surface area contributed by atoms with Crippen LogP contribution >= 0.6 is 0 Å². The van der Waals surface area contributed by atoms with E-state index in [0.29, 0.717) is 13.0 Å². The molecule has 0 amide bonds. The monoisotopic (exact) mass is 291 g/mol. The van der Waals surface area contributed by atoms with Crippen molar-refractivity contribution in [3.8, 4) is 5.75 Å². The number of hydrogen-bond donors (Lipinski definition) is 1. The minimum absolute atomic E-state index is 0.0778. The maximum absolute atomic E-state index is 13.2. The molecule has 1 fully saturated rings. The van der Waals surface area contributed by atoms with E-state index >= 15 is 0 Å². The second-order valence-corrected chi connectivity index (χ2v) is 6.68. The van der Waals surface area contributed by atoms with Crippen LogP contribution in [0.3, 0.4) is 0 Å². The molecule has 0 spiro atoms. The van der Waals surface area contributed by atoms with Gasteiger partial charge in [0.25, 0.3) is 0 Å². The molecule has 4 nitrogen and oxygen atoms in total. The highest BCUT2D eigenvalue weighted by molar-refractivity contribution is 7.91. The van der Waals surface area contributed by atoms with Gasteiger partial charge in [-0.1, -0.05) is 6.07 Å². The van der Waals surface area contributed by atoms with Crippen LogP contribution in [0.2, 0.25) is 0 Å². The number of sulfone groups is 1. The maximum atomic E-state index is 13.2. The molecule has 1 aliphatic heterocycles. The SMILES string of the molecule is O=S1(=O)CCC(NCCOc2cccc(F)c2F)C1. The van der Waals surface area contributed by atoms with Crippen molar-refractivity contribution in [2.45, 2.75) is 12.5 Å². The lowest BCUT2D eigenvalue weighted by atomic mass is 10.3. The van der Waals surface area contributed by atoms with Crippen molar-refractivity contribution in [2.24, 2.45) is 0 Å². The molecule has 1 aromatic rings. The summed E-state index contributed by atoms with van der Waals surface area (Å²) in [5, 5.41) is 3.02. The predicted octanol–water partition coefficient (Wildman–Crippen LogP) is 1.12. The minimum atomic E-state index is -2.91. The van der Waals surface area contributed by atoms with E-state index in [4.69, 9.17) is 4.74 Å². The average molecular weight is 291 g/mol. The summed E-state index contributed by atoms with van der Waals surface area (Å²) in [4.78, 5) is 0. The van der Waals surface area contributed by atoms with Crippen molar-refractivity contribution < 1.29 is 21.9 Å². The van der Waals surface area contributed by atoms with Crippen molar-refractivity contribution in [1.82, 2.24) is 5.32 Å². The second kappa shape index (κ2) is 5.83. The summed E-state index contributed by atoms with van der Waals surface area (Å²) in [5.41, 5.74) is 0. The fourth-order valence-corrected chi connectivity index (χ4v) is 3.68. The Kier molecular flexibility index (Phi) is 4.36. The van der Waals surface area contributed by atoms with Crippen LogP contribution in [-0.4, -0.2) is 39.1 Å². The Hall–Kier alpha value is -1.21. The Bertz CT molecular complexity index is 548. The zero-order valence-electron chi connectivity index (χ0n) is 10.2. The highest BCUT2D eigenvalue weighted by Gasteiger charge is 2.27. The van der Waals surface area contributed by atoms with Gasteiger partial charge in [0.2, 0.25) is 5.82 Å². The first-order chi connectivity index (χ1) is 8.98. The quantitative estimate of drug-likeness (QED) is 0.826. The molecule has 0 aromatic heterocycles. The van der Waals surface area contributed by atoms with E-state index in [1.54, 1.807) is 0 Å². The largest absolute Gasteiger partial charge is 0.489 e. The number of ether oxygens (including phenoxy) is 1. The smallest absolute Gasteiger partial charge is 0.200 e. The number of hydrogen-bond acceptors (Lipinski definition) is 4. The lowest BCUT2D eigenvalue weighted by Crippen LogP contribution is -2.33. The Labute approximate surface area is 110 Å². The van der Waals surface area contributed by atoms with Gasteiger partial charge in [-0.25, -0.2) is 12.8 Å². The summed E-state index contributed by atoms with van der Waals surface area (Å²) in [6.07, 6.45) is 0.580. The molecule has 1 N–H and O–H groups in total. The number of nitrogens with one attached hydrogen (secondary N) is 1. The van der Waals surface area contributed by atoms with Gasteiger partial charge in [-0.3, -0.25) is 0 Å². The summed E-state index contributed by atoms with van der Waals surface area (Å²) in [5.74, 6) is -1.77. The van der Waals surface area contributed by atoms with Crippen LogP contribution in [0.15, 0.2) is 18.2 Å². The standard InChI is InChI=1S/C12H15F2NO3S/c13-10-2-1-3-11(12(10)14)18-6-5-15-9-4-7-19(16,17)8-9/h1-3,9,15H,4-8H2. The summed E-state index contributed by atoms with van der Waals surface area (Å²) < 4.78 is 53.6. The third-order valence-corrected chi connectivity index (χ3v) is 4.71. The van der Waals surface area contributed by atoms with Crippen molar-refractivity contribution in [3.05, 3.63) is 29.8 Å². The number of benzene rings is 1. The van der Waals surface area contributed by atoms with Gasteiger partial charge in [0.1, 0.15) is 6.61 Å². The molecule has 0 radical (unpaired) electrons. The molecule has 1 aliphatic rings. The Morgan fingerprint density at radius 1 is 1.37 bits per heavy atom. The molecule has 0 bridgehead atoms. The van der Waals surface area contributed by atoms with E-state index in [1.165, 1.54) is 12.1 Å². The molecule has 19 heavy (non-hydrogen) atoms. The molecule has 1 saturated heterocycles. The van der Waals surface area contributed by atoms with E-state index in [9.17, 15) is 17.2 Å². The van der Waals surface area contributed by atoms with Crippen LogP contribution in [0.25, 0.3) is 0 Å². The molecule has 0 aliphatic carbocycles. The second-order valence-electron chi connectivity index (χ2n) is 4.45. The van der Waals surface area contributed by atoms with Crippen molar-refractivity contribution in [3.63, 3.8) is 0 Å². The van der Waals surface area contributed by atoms with E-state index < -0.39 is 21.5 Å². The molecule has 2 rings (SSSR count). The topological polar surface area (TPSA) is 55.4 Å². The minimum Gasteiger partial charge on any atom is -0.489 e. The zero-order valence-corrected chi connectivity index (χ0v) is 11.1. The lowest BCUT2D eigenvalue weighted by Gasteiger charge is -2.12. The first-order valence-corrected chi connectivity index (χ1v) is 7.81. The molecular formula is C12H15F2NO3S. The van der Waals surface area contributed by atoms with Crippen molar-refractivity contribution in [2.75, 3.05) is 24.7 Å². The van der Waals surface area contributed by atoms with E-state index in [2.05, 4.69) is 5.32 Å². The molecule has 106 valence electrons. The molecule has 7 heteroatoms. The van der Waals surface area contributed by atoms with Gasteiger partial charge in [-0.05, 0) is 18.6 Å². The van der Waals surface area contributed by atoms with Gasteiger partial charge in [0.05, 0.1) is 11.5 Å². The fourth-order valence-electron chi connectivity index (χ4n) is 1.98. The van der Waals surface area contributed by atoms with Gasteiger partial charge in [0, 0.05) is 12.6 Å². The Morgan fingerprint density at radius 2 is 2.16 bits per heavy atom. The molecular weight excluding hydrogens is 276 g/mol. The van der Waals surface area contributed by atoms with E-state index in [0.717, 1.165) is 6.07 Å². The van der Waals surface area contributed by atoms with Crippen LogP contribution < -0.4 is 10.1 Å². The van der Waals surface area contributed by atoms with Gasteiger partial charge in [-0.15, -0.1) is 0 Å². The average Bonchev–Trinajstić information content (AvgIpc) is 2.69. The van der Waals surface area contributed by atoms with Gasteiger partial charge in [0.15, 0.2) is 21.4 Å². The lowest BCUT2D eigenvalue weighted by molar-refractivity contribution is 0.288. The van der Waals surface area contributed by atoms with Crippen LogP contribution in [0, 0.1) is 11.6 Å². The maximum Gasteiger partial charge on any atom is 0.200 e. The van der Waals surface area contributed by atoms with Crippen LogP contribution in [0.1, 0.15) is 6.42 Å². The van der Waals surface area contributed by atoms with Crippen LogP contribution in [0.4, 0.5) is 8.78 Å². The van der Waals surface area contributed by atoms with Crippen molar-refractivity contribution in [1.29, 1.82) is 0 Å². The van der Waals surface area contributed by atoms with E-state index in [1.807, 2.05) is 0 Å². The summed E-state index contributed by atoms with van der Waals surface area (Å²) in [6.45, 7) is 0.535. The number of halogens is 2. The Morgan fingerprint density at radius 3 is 2.84 bits per heavy atom. The predicted molar refractivity (Wildman–Crippen MR) is 66.9 cm³/mol. The van der Waals surface area contributed by atoms with Gasteiger partial charge < -0.3 is 10.1 Å². The van der Waals surface area contributed by atoms with E-state index in [-0.39, 0.29) is 29.9 Å². The van der Waals surface area contributed by atoms with Gasteiger partial charge >= 0.3 is 0 Å². The normalized spacial score (nSPS) is 21.5. The highest BCUT2D eigenvalue weighted by Crippen LogP contribution is 2.18. The highest BCUT2D eigenvalue weighted by atomic mass is 32.2. The zero-order chi connectivity index (χ0) is 13.9. The van der Waals surface area contributed by atoms with Crippen molar-refractivity contribution >= 4 is 9.84 Å². The first-order valence-electron chi connectivity index (χ1n) is 5.98. The molecule has 1 atom stereocenters. The number of rotatable bonds is 5. The summed E-state index contributed by atoms with van der Waals surface area (Å²) >= 11 is 0. The Balaban J connectivity index is 1.74. The summed E-state index contributed by atoms with van der Waals surface area (Å²) in [7, 11) is -2.91. The molecule has 0 saturated carbocycles. The first kappa shape index (κ1) is 14.2. The fraction of sp³-hybridized carbons (Fsp3) is 0.500. The molecule has 1 aromatic carbocycles. The third kappa shape index (κ3) is 3.87. The molecule has 1 heterocycles. The van der Waals surface area contributed by atoms with Crippen LogP contribution in [-0.2, 0) is 9.84 Å². The molecule has 1 unspecified atom stereocenters. The summed E-state index contributed by atoms with van der Waals surface area (Å²) in [6, 6.07) is 3.65. The van der Waals surface area contributed by atoms with Crippen LogP contribution in [0.5, 0.6) is 5.75 Å².